The van der Waals surface area contributed by atoms with E-state index in [2.05, 4.69) is 0 Å². The molecule has 13 heavy (non-hydrogen) atoms. The number of hydrogen-bond acceptors (Lipinski definition) is 2. The number of rotatable bonds is 2. The van der Waals surface area contributed by atoms with E-state index in [4.69, 9.17) is 16.7 Å². The van der Waals surface area contributed by atoms with Gasteiger partial charge in [-0.15, -0.1) is 0 Å². The van der Waals surface area contributed by atoms with Crippen LogP contribution in [0.4, 0.5) is 8.78 Å². The molecule has 70 valence electrons. The van der Waals surface area contributed by atoms with Crippen molar-refractivity contribution in [3.8, 4) is 0 Å². The first-order valence-corrected chi connectivity index (χ1v) is 3.72. The average molecular weight is 207 g/mol. The molecule has 0 saturated heterocycles. The quantitative estimate of drug-likeness (QED) is 0.749. The summed E-state index contributed by atoms with van der Waals surface area (Å²) in [6.45, 7) is 0. The van der Waals surface area contributed by atoms with Crippen LogP contribution in [-0.4, -0.2) is 10.3 Å². The van der Waals surface area contributed by atoms with Crippen molar-refractivity contribution in [1.82, 2.24) is 0 Å². The predicted molar refractivity (Wildman–Crippen MR) is 42.2 cm³/mol. The Hall–Kier alpha value is -1.00. The highest BCUT2D eigenvalue weighted by molar-refractivity contribution is 6.64. The summed E-state index contributed by atoms with van der Waals surface area (Å²) in [4.78, 5) is 10.4. The van der Waals surface area contributed by atoms with Crippen LogP contribution in [0.25, 0.3) is 0 Å². The van der Waals surface area contributed by atoms with Crippen LogP contribution in [0, 0.1) is 11.6 Å². The summed E-state index contributed by atoms with van der Waals surface area (Å²) in [5.74, 6) is -1.74. The van der Waals surface area contributed by atoms with Crippen LogP contribution in [0.15, 0.2) is 18.2 Å². The Balaban J connectivity index is 3.07. The Labute approximate surface area is 77.8 Å². The average Bonchev–Trinajstić information content (AvgIpc) is 2.01. The molecule has 0 spiro atoms. The van der Waals surface area contributed by atoms with Gasteiger partial charge in [0.05, 0.1) is 0 Å². The molecule has 0 aliphatic carbocycles. The predicted octanol–water partition coefficient (Wildman–Crippen LogP) is 1.76. The molecule has 0 aliphatic rings. The molecule has 0 aliphatic heterocycles. The van der Waals surface area contributed by atoms with Crippen molar-refractivity contribution in [1.29, 1.82) is 0 Å². The van der Waals surface area contributed by atoms with Gasteiger partial charge in [-0.05, 0) is 29.3 Å². The summed E-state index contributed by atoms with van der Waals surface area (Å²) < 4.78 is 25.1. The van der Waals surface area contributed by atoms with Crippen LogP contribution in [-0.2, 0) is 4.79 Å². The van der Waals surface area contributed by atoms with Gasteiger partial charge >= 0.3 is 0 Å². The molecule has 1 aromatic carbocycles. The van der Waals surface area contributed by atoms with Crippen LogP contribution in [0.2, 0.25) is 0 Å². The van der Waals surface area contributed by atoms with Gasteiger partial charge in [0.15, 0.2) is 6.10 Å². The number of carbonyl (C=O) groups excluding carboxylic acids is 1. The van der Waals surface area contributed by atoms with Crippen molar-refractivity contribution in [3.05, 3.63) is 35.4 Å². The minimum Gasteiger partial charge on any atom is -0.379 e. The topological polar surface area (TPSA) is 37.3 Å². The molecular formula is C8H5ClF2O2. The Morgan fingerprint density at radius 3 is 2.15 bits per heavy atom. The molecule has 1 atom stereocenters. The van der Waals surface area contributed by atoms with Crippen LogP contribution < -0.4 is 0 Å². The Morgan fingerprint density at radius 1 is 1.31 bits per heavy atom. The van der Waals surface area contributed by atoms with E-state index in [0.29, 0.717) is 6.07 Å². The second kappa shape index (κ2) is 3.81. The van der Waals surface area contributed by atoms with E-state index in [9.17, 15) is 13.6 Å². The molecule has 1 N–H and O–H groups in total. The van der Waals surface area contributed by atoms with E-state index < -0.39 is 23.0 Å². The minimum atomic E-state index is -1.69. The number of carbonyl (C=O) groups is 1. The summed E-state index contributed by atoms with van der Waals surface area (Å²) >= 11 is 4.93. The first-order chi connectivity index (χ1) is 6.00. The number of benzene rings is 1. The molecule has 2 nitrogen and oxygen atoms in total. The molecule has 0 bridgehead atoms. The number of hydrogen-bond donors (Lipinski definition) is 1. The van der Waals surface area contributed by atoms with Crippen molar-refractivity contribution in [2.24, 2.45) is 0 Å². The molecule has 0 amide bonds. The van der Waals surface area contributed by atoms with Gasteiger partial charge < -0.3 is 5.11 Å². The molecule has 1 rings (SSSR count). The van der Waals surface area contributed by atoms with Gasteiger partial charge in [-0.3, -0.25) is 4.79 Å². The Bertz CT molecular complexity index is 321. The highest BCUT2D eigenvalue weighted by Gasteiger charge is 2.16. The van der Waals surface area contributed by atoms with E-state index >= 15 is 0 Å². The highest BCUT2D eigenvalue weighted by atomic mass is 35.5. The van der Waals surface area contributed by atoms with Gasteiger partial charge in [-0.2, -0.15) is 0 Å². The van der Waals surface area contributed by atoms with Gasteiger partial charge in [0, 0.05) is 6.07 Å². The summed E-state index contributed by atoms with van der Waals surface area (Å²) in [7, 11) is 0. The molecule has 0 radical (unpaired) electrons. The fraction of sp³-hybridized carbons (Fsp3) is 0.125. The van der Waals surface area contributed by atoms with Gasteiger partial charge in [-0.1, -0.05) is 0 Å². The molecule has 0 aromatic heterocycles. The first-order valence-electron chi connectivity index (χ1n) is 3.34. The SMILES string of the molecule is O=C(Cl)C(O)c1cc(F)cc(F)c1. The van der Waals surface area contributed by atoms with Crippen molar-refractivity contribution >= 4 is 16.8 Å². The van der Waals surface area contributed by atoms with Crippen molar-refractivity contribution < 1.29 is 18.7 Å². The van der Waals surface area contributed by atoms with Crippen LogP contribution in [0.1, 0.15) is 11.7 Å². The van der Waals surface area contributed by atoms with Gasteiger partial charge in [0.1, 0.15) is 11.6 Å². The van der Waals surface area contributed by atoms with Crippen LogP contribution >= 0.6 is 11.6 Å². The number of aliphatic hydroxyl groups is 1. The van der Waals surface area contributed by atoms with Crippen LogP contribution in [0.5, 0.6) is 0 Å². The van der Waals surface area contributed by atoms with E-state index in [-0.39, 0.29) is 5.56 Å². The molecular weight excluding hydrogens is 202 g/mol. The molecule has 1 unspecified atom stereocenters. The maximum Gasteiger partial charge on any atom is 0.254 e. The Kier molecular flexibility index (Phi) is 2.95. The summed E-state index contributed by atoms with van der Waals surface area (Å²) in [5.41, 5.74) is -0.197. The molecule has 5 heteroatoms. The van der Waals surface area contributed by atoms with Crippen molar-refractivity contribution in [2.45, 2.75) is 6.10 Å². The second-order valence-corrected chi connectivity index (χ2v) is 2.78. The number of halogens is 3. The first kappa shape index (κ1) is 10.1. The van der Waals surface area contributed by atoms with Crippen LogP contribution in [0.3, 0.4) is 0 Å². The summed E-state index contributed by atoms with van der Waals surface area (Å²) in [5, 5.41) is 7.95. The van der Waals surface area contributed by atoms with E-state index in [1.807, 2.05) is 0 Å². The second-order valence-electron chi connectivity index (χ2n) is 2.41. The van der Waals surface area contributed by atoms with Crippen molar-refractivity contribution in [3.63, 3.8) is 0 Å². The lowest BCUT2D eigenvalue weighted by Crippen LogP contribution is -2.06. The third-order valence-electron chi connectivity index (χ3n) is 1.42. The fourth-order valence-corrected chi connectivity index (χ4v) is 0.990. The minimum absolute atomic E-state index is 0.197. The van der Waals surface area contributed by atoms with Gasteiger partial charge in [0.25, 0.3) is 5.24 Å². The maximum absolute atomic E-state index is 12.5. The monoisotopic (exact) mass is 206 g/mol. The lowest BCUT2D eigenvalue weighted by Gasteiger charge is -2.05. The van der Waals surface area contributed by atoms with Gasteiger partial charge in [-0.25, -0.2) is 8.78 Å². The number of aliphatic hydroxyl groups excluding tert-OH is 1. The molecule has 0 saturated carbocycles. The largest absolute Gasteiger partial charge is 0.379 e. The van der Waals surface area contributed by atoms with E-state index in [1.54, 1.807) is 0 Å². The lowest BCUT2D eigenvalue weighted by molar-refractivity contribution is -0.119. The van der Waals surface area contributed by atoms with Crippen molar-refractivity contribution in [2.75, 3.05) is 0 Å². The highest BCUT2D eigenvalue weighted by Crippen LogP contribution is 2.18. The fourth-order valence-electron chi connectivity index (χ4n) is 0.864. The third kappa shape index (κ3) is 2.47. The molecule has 0 heterocycles. The lowest BCUT2D eigenvalue weighted by atomic mass is 10.1. The standard InChI is InChI=1S/C8H5ClF2O2/c9-8(13)7(12)4-1-5(10)3-6(11)2-4/h1-3,7,12H. The smallest absolute Gasteiger partial charge is 0.254 e. The maximum atomic E-state index is 12.5. The summed E-state index contributed by atoms with van der Waals surface area (Å²) in [6.07, 6.45) is -1.69. The zero-order chi connectivity index (χ0) is 10.0. The molecule has 1 aromatic rings. The zero-order valence-electron chi connectivity index (χ0n) is 6.30. The van der Waals surface area contributed by atoms with E-state index in [0.717, 1.165) is 12.1 Å². The Morgan fingerprint density at radius 2 is 1.77 bits per heavy atom. The zero-order valence-corrected chi connectivity index (χ0v) is 7.05. The van der Waals surface area contributed by atoms with E-state index in [1.165, 1.54) is 0 Å². The third-order valence-corrected chi connectivity index (χ3v) is 1.62. The van der Waals surface area contributed by atoms with Gasteiger partial charge in [0.2, 0.25) is 0 Å². The molecule has 0 fully saturated rings. The summed E-state index contributed by atoms with van der Waals surface area (Å²) in [6, 6.07) is 2.32. The normalized spacial score (nSPS) is 12.6.